The van der Waals surface area contributed by atoms with Gasteiger partial charge in [-0.25, -0.2) is 15.0 Å². The summed E-state index contributed by atoms with van der Waals surface area (Å²) in [5.41, 5.74) is 7.78. The molecular formula is C14H15N5OS. The number of fused-ring (bicyclic) bond motifs is 1. The monoisotopic (exact) mass is 301 g/mol. The van der Waals surface area contributed by atoms with Gasteiger partial charge in [0.05, 0.1) is 5.69 Å². The summed E-state index contributed by atoms with van der Waals surface area (Å²) in [5, 5.41) is 2.43. The molecule has 0 aliphatic carbocycles. The fourth-order valence-corrected chi connectivity index (χ4v) is 2.77. The molecule has 3 heterocycles. The highest BCUT2D eigenvalue weighted by Crippen LogP contribution is 2.21. The van der Waals surface area contributed by atoms with E-state index in [1.54, 1.807) is 23.0 Å². The Bertz CT molecular complexity index is 825. The van der Waals surface area contributed by atoms with Crippen molar-refractivity contribution in [3.63, 3.8) is 0 Å². The summed E-state index contributed by atoms with van der Waals surface area (Å²) < 4.78 is 1.65. The molecule has 0 unspecified atom stereocenters. The smallest absolute Gasteiger partial charge is 0.281 e. The van der Waals surface area contributed by atoms with E-state index in [9.17, 15) is 4.79 Å². The first-order valence-corrected chi connectivity index (χ1v) is 7.65. The van der Waals surface area contributed by atoms with E-state index in [-0.39, 0.29) is 5.56 Å². The van der Waals surface area contributed by atoms with Crippen LogP contribution in [-0.4, -0.2) is 19.5 Å². The molecule has 0 atom stereocenters. The molecule has 7 heteroatoms. The fraction of sp³-hybridized carbons (Fsp3) is 0.286. The number of rotatable bonds is 4. The molecule has 0 fully saturated rings. The van der Waals surface area contributed by atoms with Crippen molar-refractivity contribution in [3.8, 4) is 10.7 Å². The van der Waals surface area contributed by atoms with Crippen molar-refractivity contribution in [1.29, 1.82) is 0 Å². The summed E-state index contributed by atoms with van der Waals surface area (Å²) >= 11 is 1.39. The molecule has 0 radical (unpaired) electrons. The van der Waals surface area contributed by atoms with E-state index in [0.29, 0.717) is 34.1 Å². The Morgan fingerprint density at radius 1 is 1.33 bits per heavy atom. The second kappa shape index (κ2) is 5.61. The minimum Gasteiger partial charge on any atom is -0.397 e. The molecule has 0 amide bonds. The first-order chi connectivity index (χ1) is 10.2. The first kappa shape index (κ1) is 13.7. The molecule has 0 aliphatic heterocycles. The van der Waals surface area contributed by atoms with Gasteiger partial charge in [0, 0.05) is 24.3 Å². The minimum absolute atomic E-state index is 0.163. The summed E-state index contributed by atoms with van der Waals surface area (Å²) in [4.78, 5) is 25.6. The third-order valence-electron chi connectivity index (χ3n) is 3.23. The molecule has 21 heavy (non-hydrogen) atoms. The number of thiazole rings is 1. The lowest BCUT2D eigenvalue weighted by atomic mass is 10.3. The maximum atomic E-state index is 12.7. The Morgan fingerprint density at radius 3 is 2.90 bits per heavy atom. The van der Waals surface area contributed by atoms with Crippen LogP contribution in [0.3, 0.4) is 0 Å². The summed E-state index contributed by atoms with van der Waals surface area (Å²) in [6.45, 7) is 2.68. The van der Waals surface area contributed by atoms with Crippen LogP contribution >= 0.6 is 11.3 Å². The highest BCUT2D eigenvalue weighted by Gasteiger charge is 2.16. The molecule has 0 saturated carbocycles. The van der Waals surface area contributed by atoms with E-state index in [1.807, 2.05) is 5.38 Å². The number of pyridine rings is 1. The number of aromatic nitrogens is 4. The van der Waals surface area contributed by atoms with Crippen molar-refractivity contribution < 1.29 is 0 Å². The molecule has 3 aromatic heterocycles. The second-order valence-corrected chi connectivity index (χ2v) is 5.57. The van der Waals surface area contributed by atoms with Crippen molar-refractivity contribution in [1.82, 2.24) is 19.5 Å². The number of hydrogen-bond acceptors (Lipinski definition) is 6. The van der Waals surface area contributed by atoms with Crippen molar-refractivity contribution >= 4 is 28.2 Å². The van der Waals surface area contributed by atoms with Crippen molar-refractivity contribution in [2.75, 3.05) is 5.73 Å². The molecule has 6 nitrogen and oxygen atoms in total. The lowest BCUT2D eigenvalue weighted by Gasteiger charge is -2.11. The zero-order valence-electron chi connectivity index (χ0n) is 11.6. The number of hydrogen-bond donors (Lipinski definition) is 1. The van der Waals surface area contributed by atoms with Gasteiger partial charge in [0.15, 0.2) is 11.3 Å². The fourth-order valence-electron chi connectivity index (χ4n) is 2.16. The molecule has 0 saturated heterocycles. The average Bonchev–Trinajstić information content (AvgIpc) is 3.00. The van der Waals surface area contributed by atoms with Crippen LogP contribution in [0.1, 0.15) is 19.8 Å². The maximum Gasteiger partial charge on any atom is 0.281 e. The quantitative estimate of drug-likeness (QED) is 0.799. The van der Waals surface area contributed by atoms with E-state index >= 15 is 0 Å². The maximum absolute atomic E-state index is 12.7. The number of nitrogens with two attached hydrogens (primary N) is 1. The third-order valence-corrected chi connectivity index (χ3v) is 4.01. The molecule has 2 N–H and O–H groups in total. The van der Waals surface area contributed by atoms with Crippen LogP contribution in [0, 0.1) is 0 Å². The van der Waals surface area contributed by atoms with Gasteiger partial charge in [-0.05, 0) is 12.5 Å². The zero-order valence-corrected chi connectivity index (χ0v) is 12.4. The van der Waals surface area contributed by atoms with E-state index in [4.69, 9.17) is 5.73 Å². The molecule has 3 aromatic rings. The number of unbranched alkanes of at least 4 members (excludes halogenated alkanes) is 1. The van der Waals surface area contributed by atoms with Crippen molar-refractivity contribution in [2.24, 2.45) is 0 Å². The van der Waals surface area contributed by atoms with E-state index in [0.717, 1.165) is 12.8 Å². The molecule has 0 aliphatic rings. The number of nitrogen functional groups attached to an aromatic ring is 1. The molecule has 3 rings (SSSR count). The molecule has 108 valence electrons. The molecule has 0 spiro atoms. The Balaban J connectivity index is 2.33. The minimum atomic E-state index is -0.163. The van der Waals surface area contributed by atoms with Crippen molar-refractivity contribution in [2.45, 2.75) is 26.3 Å². The average molecular weight is 301 g/mol. The van der Waals surface area contributed by atoms with Crippen LogP contribution < -0.4 is 11.3 Å². The number of aryl methyl sites for hydroxylation is 1. The van der Waals surface area contributed by atoms with Crippen molar-refractivity contribution in [3.05, 3.63) is 34.2 Å². The number of nitrogens with zero attached hydrogens (tertiary/aromatic N) is 4. The Morgan fingerprint density at radius 2 is 2.19 bits per heavy atom. The SMILES string of the molecule is CCCCn1c(=O)c(-c2nccs2)nc2c(N)ccnc21. The van der Waals surface area contributed by atoms with Gasteiger partial charge < -0.3 is 5.73 Å². The van der Waals surface area contributed by atoms with Crippen LogP contribution in [-0.2, 0) is 6.54 Å². The second-order valence-electron chi connectivity index (χ2n) is 4.68. The Labute approximate surface area is 125 Å². The first-order valence-electron chi connectivity index (χ1n) is 6.77. The zero-order chi connectivity index (χ0) is 14.8. The van der Waals surface area contributed by atoms with Crippen LogP contribution in [0.2, 0.25) is 0 Å². The lowest BCUT2D eigenvalue weighted by Crippen LogP contribution is -2.24. The summed E-state index contributed by atoms with van der Waals surface area (Å²) in [5.74, 6) is 0. The van der Waals surface area contributed by atoms with Crippen LogP contribution in [0.15, 0.2) is 28.6 Å². The van der Waals surface area contributed by atoms with E-state index in [2.05, 4.69) is 21.9 Å². The van der Waals surface area contributed by atoms with Crippen LogP contribution in [0.5, 0.6) is 0 Å². The Kier molecular flexibility index (Phi) is 3.66. The van der Waals surface area contributed by atoms with Gasteiger partial charge in [-0.15, -0.1) is 11.3 Å². The highest BCUT2D eigenvalue weighted by atomic mass is 32.1. The Hall–Kier alpha value is -2.28. The topological polar surface area (TPSA) is 86.7 Å². The highest BCUT2D eigenvalue weighted by molar-refractivity contribution is 7.13. The molecule has 0 bridgehead atoms. The van der Waals surface area contributed by atoms with E-state index in [1.165, 1.54) is 11.3 Å². The normalized spacial score (nSPS) is 11.1. The molecule has 0 aromatic carbocycles. The largest absolute Gasteiger partial charge is 0.397 e. The predicted octanol–water partition coefficient (Wildman–Crippen LogP) is 2.30. The van der Waals surface area contributed by atoms with Gasteiger partial charge in [0.2, 0.25) is 0 Å². The predicted molar refractivity (Wildman–Crippen MR) is 84.2 cm³/mol. The van der Waals surface area contributed by atoms with Crippen LogP contribution in [0.25, 0.3) is 21.9 Å². The van der Waals surface area contributed by atoms with Gasteiger partial charge in [-0.3, -0.25) is 9.36 Å². The summed E-state index contributed by atoms with van der Waals surface area (Å²) in [6.07, 6.45) is 5.15. The van der Waals surface area contributed by atoms with Gasteiger partial charge in [-0.2, -0.15) is 0 Å². The van der Waals surface area contributed by atoms with Gasteiger partial charge in [0.25, 0.3) is 5.56 Å². The standard InChI is InChI=1S/C14H15N5OS/c1-2-3-7-19-12-10(9(15)4-5-16-12)18-11(14(19)20)13-17-6-8-21-13/h4-6,8H,2-3,7H2,1H3,(H2,15,16). The number of anilines is 1. The third kappa shape index (κ3) is 2.40. The molecular weight excluding hydrogens is 286 g/mol. The van der Waals surface area contributed by atoms with E-state index < -0.39 is 0 Å². The van der Waals surface area contributed by atoms with Crippen LogP contribution in [0.4, 0.5) is 5.69 Å². The lowest BCUT2D eigenvalue weighted by molar-refractivity contribution is 0.626. The summed E-state index contributed by atoms with van der Waals surface area (Å²) in [6, 6.07) is 1.69. The summed E-state index contributed by atoms with van der Waals surface area (Å²) in [7, 11) is 0. The van der Waals surface area contributed by atoms with Gasteiger partial charge >= 0.3 is 0 Å². The van der Waals surface area contributed by atoms with Gasteiger partial charge in [-0.1, -0.05) is 13.3 Å². The van der Waals surface area contributed by atoms with Gasteiger partial charge in [0.1, 0.15) is 10.5 Å².